The Bertz CT molecular complexity index is 856. The van der Waals surface area contributed by atoms with Gasteiger partial charge in [0.15, 0.2) is 5.76 Å². The lowest BCUT2D eigenvalue weighted by atomic mass is 10.1. The van der Waals surface area contributed by atoms with Crippen molar-refractivity contribution in [3.8, 4) is 0 Å². The Kier molecular flexibility index (Phi) is 4.61. The number of nitrogens with one attached hydrogen (secondary N) is 1. The van der Waals surface area contributed by atoms with Crippen LogP contribution in [0.5, 0.6) is 0 Å². The van der Waals surface area contributed by atoms with E-state index in [0.29, 0.717) is 0 Å². The van der Waals surface area contributed by atoms with E-state index >= 15 is 0 Å². The van der Waals surface area contributed by atoms with Gasteiger partial charge in [0.25, 0.3) is 5.91 Å². The molecule has 2 aromatic carbocycles. The topological polar surface area (TPSA) is 62.6 Å². The van der Waals surface area contributed by atoms with E-state index in [9.17, 15) is 9.59 Å². The van der Waals surface area contributed by atoms with Gasteiger partial charge in [0.1, 0.15) is 0 Å². The van der Waals surface area contributed by atoms with E-state index in [-0.39, 0.29) is 30.5 Å². The van der Waals surface area contributed by atoms with Crippen molar-refractivity contribution in [1.82, 2.24) is 5.32 Å². The zero-order valence-electron chi connectivity index (χ0n) is 13.4. The minimum Gasteiger partial charge on any atom is -0.459 e. The van der Waals surface area contributed by atoms with Crippen molar-refractivity contribution in [3.05, 3.63) is 66.6 Å². The Morgan fingerprint density at radius 1 is 1.04 bits per heavy atom. The number of anilines is 1. The maximum atomic E-state index is 12.3. The zero-order valence-corrected chi connectivity index (χ0v) is 13.4. The highest BCUT2D eigenvalue weighted by Gasteiger charge is 2.13. The molecule has 24 heavy (non-hydrogen) atoms. The summed E-state index contributed by atoms with van der Waals surface area (Å²) in [6, 6.07) is 17.1. The summed E-state index contributed by atoms with van der Waals surface area (Å²) in [6.07, 6.45) is 1.66. The van der Waals surface area contributed by atoms with Crippen molar-refractivity contribution in [2.75, 3.05) is 18.5 Å². The molecule has 0 bridgehead atoms. The van der Waals surface area contributed by atoms with Crippen LogP contribution < -0.4 is 10.2 Å². The second kappa shape index (κ2) is 7.00. The first-order valence-corrected chi connectivity index (χ1v) is 7.72. The molecule has 0 aliphatic carbocycles. The third kappa shape index (κ3) is 3.46. The first kappa shape index (κ1) is 15.8. The van der Waals surface area contributed by atoms with E-state index < -0.39 is 0 Å². The fraction of sp³-hybridized carbons (Fsp3) is 0.158. The number of fused-ring (bicyclic) bond motifs is 1. The molecule has 0 saturated heterocycles. The van der Waals surface area contributed by atoms with Crippen LogP contribution in [-0.4, -0.2) is 25.4 Å². The lowest BCUT2D eigenvalue weighted by molar-refractivity contribution is -0.118. The molecule has 0 saturated carbocycles. The van der Waals surface area contributed by atoms with Gasteiger partial charge in [0.05, 0.1) is 6.26 Å². The van der Waals surface area contributed by atoms with Crippen molar-refractivity contribution >= 4 is 28.3 Å². The van der Waals surface area contributed by atoms with Crippen molar-refractivity contribution in [1.29, 1.82) is 0 Å². The Hall–Kier alpha value is -3.08. The molecule has 2 amide bonds. The number of rotatable bonds is 5. The highest BCUT2D eigenvalue weighted by Crippen LogP contribution is 2.21. The molecular formula is C19H18N2O3. The highest BCUT2D eigenvalue weighted by atomic mass is 16.3. The lowest BCUT2D eigenvalue weighted by Crippen LogP contribution is -2.31. The summed E-state index contributed by atoms with van der Waals surface area (Å²) in [7, 11) is 1.74. The molecule has 0 spiro atoms. The number of nitrogens with zero attached hydrogens (tertiary/aromatic N) is 1. The number of hydrogen-bond donors (Lipinski definition) is 1. The highest BCUT2D eigenvalue weighted by molar-refractivity contribution is 5.96. The van der Waals surface area contributed by atoms with Crippen molar-refractivity contribution in [2.45, 2.75) is 6.42 Å². The molecule has 1 aromatic heterocycles. The maximum absolute atomic E-state index is 12.3. The minimum atomic E-state index is -0.318. The SMILES string of the molecule is CN(C(=O)CCNC(=O)c1ccco1)c1ccc2ccccc2c1. The average molecular weight is 322 g/mol. The molecule has 0 radical (unpaired) electrons. The van der Waals surface area contributed by atoms with Crippen LogP contribution in [0.25, 0.3) is 10.8 Å². The van der Waals surface area contributed by atoms with Crippen molar-refractivity contribution in [2.24, 2.45) is 0 Å². The number of hydrogen-bond acceptors (Lipinski definition) is 3. The first-order valence-electron chi connectivity index (χ1n) is 7.72. The Morgan fingerprint density at radius 2 is 1.83 bits per heavy atom. The van der Waals surface area contributed by atoms with Gasteiger partial charge in [-0.05, 0) is 35.0 Å². The molecule has 1 heterocycles. The van der Waals surface area contributed by atoms with Gasteiger partial charge in [-0.3, -0.25) is 9.59 Å². The molecule has 122 valence electrons. The van der Waals surface area contributed by atoms with Crippen LogP contribution in [0.2, 0.25) is 0 Å². The Morgan fingerprint density at radius 3 is 2.58 bits per heavy atom. The first-order chi connectivity index (χ1) is 11.6. The predicted molar refractivity (Wildman–Crippen MR) is 93.0 cm³/mol. The van der Waals surface area contributed by atoms with E-state index in [1.54, 1.807) is 24.1 Å². The third-order valence-electron chi connectivity index (χ3n) is 3.86. The van der Waals surface area contributed by atoms with Crippen LogP contribution in [0.1, 0.15) is 17.0 Å². The summed E-state index contributed by atoms with van der Waals surface area (Å²) in [5.41, 5.74) is 0.830. The van der Waals surface area contributed by atoms with Crippen molar-refractivity contribution in [3.63, 3.8) is 0 Å². The quantitative estimate of drug-likeness (QED) is 0.784. The van der Waals surface area contributed by atoms with E-state index in [1.807, 2.05) is 42.5 Å². The summed E-state index contributed by atoms with van der Waals surface area (Å²) < 4.78 is 5.00. The van der Waals surface area contributed by atoms with Crippen LogP contribution in [0.15, 0.2) is 65.3 Å². The van der Waals surface area contributed by atoms with Crippen LogP contribution in [0.4, 0.5) is 5.69 Å². The summed E-state index contributed by atoms with van der Waals surface area (Å²) >= 11 is 0. The van der Waals surface area contributed by atoms with Gasteiger partial charge >= 0.3 is 0 Å². The average Bonchev–Trinajstić information content (AvgIpc) is 3.15. The van der Waals surface area contributed by atoms with Crippen LogP contribution in [0, 0.1) is 0 Å². The molecule has 0 aliphatic rings. The van der Waals surface area contributed by atoms with Crippen LogP contribution in [-0.2, 0) is 4.79 Å². The van der Waals surface area contributed by atoms with Gasteiger partial charge < -0.3 is 14.6 Å². The minimum absolute atomic E-state index is 0.0648. The van der Waals surface area contributed by atoms with Gasteiger partial charge in [-0.2, -0.15) is 0 Å². The smallest absolute Gasteiger partial charge is 0.286 e. The summed E-state index contributed by atoms with van der Waals surface area (Å²) in [6.45, 7) is 0.260. The zero-order chi connectivity index (χ0) is 16.9. The molecule has 0 unspecified atom stereocenters. The number of carbonyl (C=O) groups excluding carboxylic acids is 2. The van der Waals surface area contributed by atoms with E-state index in [0.717, 1.165) is 16.5 Å². The molecule has 0 atom stereocenters. The maximum Gasteiger partial charge on any atom is 0.286 e. The second-order valence-corrected chi connectivity index (χ2v) is 5.47. The fourth-order valence-electron chi connectivity index (χ4n) is 2.47. The summed E-state index contributed by atoms with van der Waals surface area (Å²) in [4.78, 5) is 25.6. The van der Waals surface area contributed by atoms with Crippen molar-refractivity contribution < 1.29 is 14.0 Å². The van der Waals surface area contributed by atoms with Crippen LogP contribution >= 0.6 is 0 Å². The van der Waals surface area contributed by atoms with E-state index in [1.165, 1.54) is 6.26 Å². The molecule has 1 N–H and O–H groups in total. The van der Waals surface area contributed by atoms with E-state index in [4.69, 9.17) is 4.42 Å². The molecule has 0 aliphatic heterocycles. The summed E-state index contributed by atoms with van der Waals surface area (Å²) in [5, 5.41) is 4.89. The molecule has 5 nitrogen and oxygen atoms in total. The molecule has 3 aromatic rings. The molecule has 0 fully saturated rings. The van der Waals surface area contributed by atoms with Gasteiger partial charge in [0.2, 0.25) is 5.91 Å². The normalized spacial score (nSPS) is 10.5. The fourth-order valence-corrected chi connectivity index (χ4v) is 2.47. The number of carbonyl (C=O) groups is 2. The number of amides is 2. The van der Waals surface area contributed by atoms with Crippen LogP contribution in [0.3, 0.4) is 0 Å². The van der Waals surface area contributed by atoms with Gasteiger partial charge in [-0.15, -0.1) is 0 Å². The standard InChI is InChI=1S/C19H18N2O3/c1-21(16-9-8-14-5-2-3-6-15(14)13-16)18(22)10-11-20-19(23)17-7-4-12-24-17/h2-9,12-13H,10-11H2,1H3,(H,20,23). The number of furan rings is 1. The van der Waals surface area contributed by atoms with Gasteiger partial charge in [-0.25, -0.2) is 0 Å². The number of benzene rings is 2. The second-order valence-electron chi connectivity index (χ2n) is 5.47. The largest absolute Gasteiger partial charge is 0.459 e. The molecule has 5 heteroatoms. The molecule has 3 rings (SSSR count). The Balaban J connectivity index is 1.58. The van der Waals surface area contributed by atoms with Gasteiger partial charge in [0, 0.05) is 25.7 Å². The monoisotopic (exact) mass is 322 g/mol. The third-order valence-corrected chi connectivity index (χ3v) is 3.86. The lowest BCUT2D eigenvalue weighted by Gasteiger charge is -2.18. The summed E-state index contributed by atoms with van der Waals surface area (Å²) in [5.74, 6) is -0.142. The predicted octanol–water partition coefficient (Wildman–Crippen LogP) is 3.22. The molecular weight excluding hydrogens is 304 g/mol. The Labute approximate surface area is 139 Å². The van der Waals surface area contributed by atoms with E-state index in [2.05, 4.69) is 5.32 Å². The van der Waals surface area contributed by atoms with Gasteiger partial charge in [-0.1, -0.05) is 30.3 Å².